The van der Waals surface area contributed by atoms with Gasteiger partial charge in [0.05, 0.1) is 19.6 Å². The maximum atomic E-state index is 13.4. The van der Waals surface area contributed by atoms with Crippen LogP contribution in [0.3, 0.4) is 0 Å². The van der Waals surface area contributed by atoms with Crippen LogP contribution in [0.2, 0.25) is 0 Å². The highest BCUT2D eigenvalue weighted by Gasteiger charge is 2.34. The number of amides is 1. The van der Waals surface area contributed by atoms with E-state index in [0.717, 1.165) is 17.7 Å². The van der Waals surface area contributed by atoms with E-state index < -0.39 is 23.5 Å². The predicted molar refractivity (Wildman–Crippen MR) is 107 cm³/mol. The Morgan fingerprint density at radius 2 is 1.93 bits per heavy atom. The monoisotopic (exact) mass is 415 g/mol. The summed E-state index contributed by atoms with van der Waals surface area (Å²) in [7, 11) is 1.55. The SMILES string of the molecule is CCOC(=O)C(c1cccc(OC)c1)C1C=CC(NC(=O)c2ccc(F)c(F)c2)C1. The van der Waals surface area contributed by atoms with Crippen molar-refractivity contribution in [1.29, 1.82) is 0 Å². The number of methoxy groups -OCH3 is 1. The van der Waals surface area contributed by atoms with E-state index >= 15 is 0 Å². The third kappa shape index (κ3) is 4.84. The van der Waals surface area contributed by atoms with Gasteiger partial charge in [0.25, 0.3) is 5.91 Å². The maximum absolute atomic E-state index is 13.4. The molecule has 0 heterocycles. The Hall–Kier alpha value is -3.22. The molecule has 0 spiro atoms. The second-order valence-electron chi connectivity index (χ2n) is 7.00. The molecule has 30 heavy (non-hydrogen) atoms. The van der Waals surface area contributed by atoms with Gasteiger partial charge in [-0.2, -0.15) is 0 Å². The number of hydrogen-bond donors (Lipinski definition) is 1. The average molecular weight is 415 g/mol. The number of halogens is 2. The Morgan fingerprint density at radius 1 is 1.13 bits per heavy atom. The van der Waals surface area contributed by atoms with Crippen molar-refractivity contribution in [2.45, 2.75) is 25.3 Å². The molecule has 1 aliphatic carbocycles. The van der Waals surface area contributed by atoms with E-state index in [1.807, 2.05) is 12.1 Å². The summed E-state index contributed by atoms with van der Waals surface area (Å²) >= 11 is 0. The van der Waals surface area contributed by atoms with Crippen LogP contribution < -0.4 is 10.1 Å². The summed E-state index contributed by atoms with van der Waals surface area (Å²) in [4.78, 5) is 25.1. The standard InChI is InChI=1S/C23H23F2NO4/c1-3-30-23(28)21(14-5-4-6-18(12-14)29-2)15-7-9-17(11-15)26-22(27)16-8-10-19(24)20(25)13-16/h4-10,12-13,15,17,21H,3,11H2,1-2H3,(H,26,27). The molecule has 2 aromatic rings. The number of hydrogen-bond acceptors (Lipinski definition) is 4. The molecule has 0 saturated heterocycles. The molecular formula is C23H23F2NO4. The molecule has 5 nitrogen and oxygen atoms in total. The minimum Gasteiger partial charge on any atom is -0.497 e. The van der Waals surface area contributed by atoms with Crippen LogP contribution in [0.15, 0.2) is 54.6 Å². The minimum absolute atomic E-state index is 0.0282. The third-order valence-corrected chi connectivity index (χ3v) is 5.04. The molecule has 1 amide bonds. The van der Waals surface area contributed by atoms with Crippen molar-refractivity contribution < 1.29 is 27.8 Å². The fraction of sp³-hybridized carbons (Fsp3) is 0.304. The quantitative estimate of drug-likeness (QED) is 0.549. The normalized spacial score (nSPS) is 18.7. The van der Waals surface area contributed by atoms with Crippen molar-refractivity contribution in [2.75, 3.05) is 13.7 Å². The lowest BCUT2D eigenvalue weighted by molar-refractivity contribution is -0.146. The van der Waals surface area contributed by atoms with Crippen molar-refractivity contribution in [1.82, 2.24) is 5.32 Å². The summed E-state index contributed by atoms with van der Waals surface area (Å²) in [6.07, 6.45) is 4.14. The zero-order chi connectivity index (χ0) is 21.7. The van der Waals surface area contributed by atoms with Crippen molar-refractivity contribution >= 4 is 11.9 Å². The van der Waals surface area contributed by atoms with Crippen LogP contribution in [0, 0.1) is 17.6 Å². The van der Waals surface area contributed by atoms with Gasteiger partial charge in [-0.1, -0.05) is 24.3 Å². The molecule has 3 rings (SSSR count). The number of rotatable bonds is 7. The lowest BCUT2D eigenvalue weighted by atomic mass is 9.85. The Kier molecular flexibility index (Phi) is 6.82. The zero-order valence-corrected chi connectivity index (χ0v) is 16.7. The summed E-state index contributed by atoms with van der Waals surface area (Å²) in [6.45, 7) is 2.00. The van der Waals surface area contributed by atoms with E-state index in [4.69, 9.17) is 9.47 Å². The number of ether oxygens (including phenoxy) is 2. The van der Waals surface area contributed by atoms with Gasteiger partial charge in [0.2, 0.25) is 0 Å². The largest absolute Gasteiger partial charge is 0.497 e. The lowest BCUT2D eigenvalue weighted by Gasteiger charge is -2.23. The molecule has 7 heteroatoms. The highest BCUT2D eigenvalue weighted by molar-refractivity contribution is 5.94. The predicted octanol–water partition coefficient (Wildman–Crippen LogP) is 3.99. The van der Waals surface area contributed by atoms with Crippen molar-refractivity contribution in [3.05, 3.63) is 77.4 Å². The topological polar surface area (TPSA) is 64.6 Å². The van der Waals surface area contributed by atoms with Crippen LogP contribution in [0.25, 0.3) is 0 Å². The number of esters is 1. The van der Waals surface area contributed by atoms with Crippen LogP contribution >= 0.6 is 0 Å². The first-order chi connectivity index (χ1) is 14.4. The highest BCUT2D eigenvalue weighted by atomic mass is 19.2. The van der Waals surface area contributed by atoms with Gasteiger partial charge in [-0.25, -0.2) is 8.78 Å². The van der Waals surface area contributed by atoms with Crippen molar-refractivity contribution in [2.24, 2.45) is 5.92 Å². The van der Waals surface area contributed by atoms with Crippen LogP contribution in [-0.2, 0) is 9.53 Å². The van der Waals surface area contributed by atoms with E-state index in [1.54, 1.807) is 38.3 Å². The number of benzene rings is 2. The molecule has 3 atom stereocenters. The maximum Gasteiger partial charge on any atom is 0.314 e. The van der Waals surface area contributed by atoms with Crippen molar-refractivity contribution in [3.63, 3.8) is 0 Å². The molecule has 0 fully saturated rings. The van der Waals surface area contributed by atoms with Crippen LogP contribution in [0.4, 0.5) is 8.78 Å². The first-order valence-electron chi connectivity index (χ1n) is 9.67. The van der Waals surface area contributed by atoms with Gasteiger partial charge < -0.3 is 14.8 Å². The molecule has 1 aliphatic rings. The van der Waals surface area contributed by atoms with E-state index in [2.05, 4.69) is 5.32 Å². The van der Waals surface area contributed by atoms with Gasteiger partial charge in [-0.05, 0) is 55.2 Å². The fourth-order valence-corrected chi connectivity index (χ4v) is 3.60. The van der Waals surface area contributed by atoms with E-state index in [9.17, 15) is 18.4 Å². The Balaban J connectivity index is 1.74. The average Bonchev–Trinajstić information content (AvgIpc) is 3.18. The van der Waals surface area contributed by atoms with Gasteiger partial charge in [0, 0.05) is 11.6 Å². The van der Waals surface area contributed by atoms with Gasteiger partial charge >= 0.3 is 5.97 Å². The lowest BCUT2D eigenvalue weighted by Crippen LogP contribution is -2.34. The molecule has 2 aromatic carbocycles. The number of allylic oxidation sites excluding steroid dienone is 1. The van der Waals surface area contributed by atoms with E-state index in [0.29, 0.717) is 12.2 Å². The summed E-state index contributed by atoms with van der Waals surface area (Å²) in [6, 6.07) is 9.88. The minimum atomic E-state index is -1.08. The molecule has 0 bridgehead atoms. The van der Waals surface area contributed by atoms with E-state index in [-0.39, 0.29) is 30.1 Å². The molecular weight excluding hydrogens is 392 g/mol. The van der Waals surface area contributed by atoms with Crippen LogP contribution in [0.5, 0.6) is 5.75 Å². The van der Waals surface area contributed by atoms with Gasteiger partial charge in [0.1, 0.15) is 5.75 Å². The molecule has 0 radical (unpaired) electrons. The molecule has 0 saturated carbocycles. The molecule has 158 valence electrons. The first-order valence-corrected chi connectivity index (χ1v) is 9.67. The summed E-state index contributed by atoms with van der Waals surface area (Å²) in [5.41, 5.74) is 0.788. The van der Waals surface area contributed by atoms with Gasteiger partial charge in [0.15, 0.2) is 11.6 Å². The summed E-state index contributed by atoms with van der Waals surface area (Å²) in [5.74, 6) is -3.09. The second-order valence-corrected chi connectivity index (χ2v) is 7.00. The third-order valence-electron chi connectivity index (χ3n) is 5.04. The van der Waals surface area contributed by atoms with Crippen molar-refractivity contribution in [3.8, 4) is 5.75 Å². The zero-order valence-electron chi connectivity index (χ0n) is 16.7. The van der Waals surface area contributed by atoms with E-state index in [1.165, 1.54) is 6.07 Å². The molecule has 0 aliphatic heterocycles. The van der Waals surface area contributed by atoms with Crippen LogP contribution in [-0.4, -0.2) is 31.6 Å². The molecule has 1 N–H and O–H groups in total. The number of carbonyl (C=O) groups is 2. The van der Waals surface area contributed by atoms with Crippen LogP contribution in [0.1, 0.15) is 35.2 Å². The van der Waals surface area contributed by atoms with Gasteiger partial charge in [-0.15, -0.1) is 0 Å². The summed E-state index contributed by atoms with van der Waals surface area (Å²) < 4.78 is 37.0. The Bertz CT molecular complexity index is 960. The number of carbonyl (C=O) groups excluding carboxylic acids is 2. The fourth-order valence-electron chi connectivity index (χ4n) is 3.60. The Morgan fingerprint density at radius 3 is 2.63 bits per heavy atom. The molecule has 0 aromatic heterocycles. The summed E-state index contributed by atoms with van der Waals surface area (Å²) in [5, 5.41) is 2.78. The number of nitrogens with one attached hydrogen (secondary N) is 1. The van der Waals surface area contributed by atoms with Gasteiger partial charge in [-0.3, -0.25) is 9.59 Å². The first kappa shape index (κ1) is 21.5. The smallest absolute Gasteiger partial charge is 0.314 e. The highest BCUT2D eigenvalue weighted by Crippen LogP contribution is 2.35. The Labute approximate surface area is 173 Å². The second kappa shape index (κ2) is 9.52. The molecule has 3 unspecified atom stereocenters.